The van der Waals surface area contributed by atoms with Crippen molar-refractivity contribution in [1.82, 2.24) is 0 Å². The molecule has 0 saturated carbocycles. The number of ether oxygens (including phenoxy) is 1. The maximum absolute atomic E-state index is 12.4. The standard InChI is InChI=1S/C22H29N3O2/c1-17-4-5-18(2)21(14-17)23-22(26)16-25-12-10-24(11-13-25)15-19-6-8-20(27-3)9-7-19/h4-9,14H,10-13,15-16H2,1-3H3,(H,23,26)/p+2. The van der Waals surface area contributed by atoms with Crippen LogP contribution in [0.5, 0.6) is 5.75 Å². The van der Waals surface area contributed by atoms with Crippen LogP contribution in [-0.2, 0) is 11.3 Å². The summed E-state index contributed by atoms with van der Waals surface area (Å²) in [7, 11) is 1.69. The van der Waals surface area contributed by atoms with Gasteiger partial charge < -0.3 is 19.9 Å². The Labute approximate surface area is 161 Å². The third-order valence-electron chi connectivity index (χ3n) is 5.36. The molecule has 27 heavy (non-hydrogen) atoms. The lowest BCUT2D eigenvalue weighted by atomic mass is 10.1. The van der Waals surface area contributed by atoms with Crippen LogP contribution >= 0.6 is 0 Å². The molecule has 3 rings (SSSR count). The van der Waals surface area contributed by atoms with E-state index in [1.807, 2.05) is 32.0 Å². The van der Waals surface area contributed by atoms with E-state index in [4.69, 9.17) is 4.74 Å². The topological polar surface area (TPSA) is 47.2 Å². The number of quaternary nitrogens is 2. The highest BCUT2D eigenvalue weighted by Crippen LogP contribution is 2.15. The van der Waals surface area contributed by atoms with Crippen molar-refractivity contribution in [1.29, 1.82) is 0 Å². The Morgan fingerprint density at radius 2 is 1.67 bits per heavy atom. The van der Waals surface area contributed by atoms with Gasteiger partial charge in [0.1, 0.15) is 38.5 Å². The summed E-state index contributed by atoms with van der Waals surface area (Å²) < 4.78 is 5.22. The lowest BCUT2D eigenvalue weighted by molar-refractivity contribution is -1.02. The van der Waals surface area contributed by atoms with Crippen LogP contribution in [0, 0.1) is 13.8 Å². The van der Waals surface area contributed by atoms with Crippen molar-refractivity contribution in [3.8, 4) is 5.75 Å². The molecule has 0 atom stereocenters. The van der Waals surface area contributed by atoms with Crippen LogP contribution in [-0.4, -0.2) is 45.7 Å². The maximum atomic E-state index is 12.4. The molecule has 1 heterocycles. The largest absolute Gasteiger partial charge is 0.497 e. The van der Waals surface area contributed by atoms with Crippen molar-refractivity contribution in [2.45, 2.75) is 20.4 Å². The summed E-state index contributed by atoms with van der Waals surface area (Å²) in [5.41, 5.74) is 4.54. The van der Waals surface area contributed by atoms with Crippen molar-refractivity contribution in [2.75, 3.05) is 45.2 Å². The lowest BCUT2D eigenvalue weighted by Crippen LogP contribution is -3.28. The van der Waals surface area contributed by atoms with E-state index in [0.717, 1.165) is 49.7 Å². The number of hydrogen-bond donors (Lipinski definition) is 3. The van der Waals surface area contributed by atoms with Crippen molar-refractivity contribution in [3.05, 3.63) is 59.2 Å². The van der Waals surface area contributed by atoms with Crippen LogP contribution in [0.2, 0.25) is 0 Å². The molecule has 0 bridgehead atoms. The van der Waals surface area contributed by atoms with Gasteiger partial charge in [0, 0.05) is 11.3 Å². The summed E-state index contributed by atoms with van der Waals surface area (Å²) in [6, 6.07) is 14.5. The minimum atomic E-state index is 0.109. The average Bonchev–Trinajstić information content (AvgIpc) is 2.67. The second kappa shape index (κ2) is 9.02. The first-order chi connectivity index (χ1) is 13.0. The summed E-state index contributed by atoms with van der Waals surface area (Å²) in [5, 5.41) is 3.08. The summed E-state index contributed by atoms with van der Waals surface area (Å²) in [4.78, 5) is 15.4. The van der Waals surface area contributed by atoms with E-state index in [9.17, 15) is 4.79 Å². The number of nitrogens with one attached hydrogen (secondary N) is 3. The number of amides is 1. The molecule has 144 valence electrons. The molecule has 2 aromatic rings. The number of carbonyl (C=O) groups excluding carboxylic acids is 1. The monoisotopic (exact) mass is 369 g/mol. The number of anilines is 1. The maximum Gasteiger partial charge on any atom is 0.279 e. The third kappa shape index (κ3) is 5.55. The molecule has 5 nitrogen and oxygen atoms in total. The van der Waals surface area contributed by atoms with Crippen molar-refractivity contribution in [2.24, 2.45) is 0 Å². The Bertz CT molecular complexity index is 766. The number of hydrogen-bond acceptors (Lipinski definition) is 2. The number of benzene rings is 2. The quantitative estimate of drug-likeness (QED) is 0.683. The average molecular weight is 370 g/mol. The van der Waals surface area contributed by atoms with Crippen molar-refractivity contribution < 1.29 is 19.3 Å². The fourth-order valence-corrected chi connectivity index (χ4v) is 3.63. The highest BCUT2D eigenvalue weighted by molar-refractivity contribution is 5.92. The van der Waals surface area contributed by atoms with Crippen LogP contribution in [0.15, 0.2) is 42.5 Å². The Morgan fingerprint density at radius 3 is 2.33 bits per heavy atom. The minimum Gasteiger partial charge on any atom is -0.497 e. The summed E-state index contributed by atoms with van der Waals surface area (Å²) in [6.45, 7) is 9.91. The molecule has 0 aromatic heterocycles. The first-order valence-electron chi connectivity index (χ1n) is 9.70. The molecular formula is C22H31N3O2+2. The molecule has 1 aliphatic heterocycles. The highest BCUT2D eigenvalue weighted by atomic mass is 16.5. The number of rotatable bonds is 6. The van der Waals surface area contributed by atoms with Crippen LogP contribution in [0.3, 0.4) is 0 Å². The molecule has 0 unspecified atom stereocenters. The van der Waals surface area contributed by atoms with Gasteiger partial charge in [-0.05, 0) is 55.3 Å². The zero-order valence-corrected chi connectivity index (χ0v) is 16.6. The SMILES string of the molecule is COc1ccc(C[NH+]2CC[NH+](CC(=O)Nc3cc(C)ccc3C)CC2)cc1. The van der Waals surface area contributed by atoms with Gasteiger partial charge in [0.25, 0.3) is 5.91 Å². The van der Waals surface area contributed by atoms with Gasteiger partial charge in [-0.2, -0.15) is 0 Å². The summed E-state index contributed by atoms with van der Waals surface area (Å²) in [6.07, 6.45) is 0. The van der Waals surface area contributed by atoms with E-state index in [1.165, 1.54) is 16.0 Å². The van der Waals surface area contributed by atoms with Gasteiger partial charge in [0.15, 0.2) is 6.54 Å². The molecule has 5 heteroatoms. The van der Waals surface area contributed by atoms with E-state index in [-0.39, 0.29) is 5.91 Å². The lowest BCUT2D eigenvalue weighted by Gasteiger charge is -2.29. The smallest absolute Gasteiger partial charge is 0.279 e. The zero-order chi connectivity index (χ0) is 19.2. The van der Waals surface area contributed by atoms with Gasteiger partial charge in [-0.25, -0.2) is 0 Å². The molecule has 3 N–H and O–H groups in total. The fourth-order valence-electron chi connectivity index (χ4n) is 3.63. The van der Waals surface area contributed by atoms with Gasteiger partial charge in [-0.1, -0.05) is 12.1 Å². The van der Waals surface area contributed by atoms with E-state index in [1.54, 1.807) is 12.0 Å². The molecule has 0 spiro atoms. The van der Waals surface area contributed by atoms with E-state index in [0.29, 0.717) is 6.54 Å². The van der Waals surface area contributed by atoms with E-state index < -0.39 is 0 Å². The van der Waals surface area contributed by atoms with E-state index >= 15 is 0 Å². The molecule has 2 aromatic carbocycles. The summed E-state index contributed by atoms with van der Waals surface area (Å²) >= 11 is 0. The number of methoxy groups -OCH3 is 1. The second-order valence-electron chi connectivity index (χ2n) is 7.57. The Balaban J connectivity index is 1.44. The Morgan fingerprint density at radius 1 is 1.00 bits per heavy atom. The third-order valence-corrected chi connectivity index (χ3v) is 5.36. The first kappa shape index (κ1) is 19.4. The molecule has 1 amide bonds. The predicted octanol–water partition coefficient (Wildman–Crippen LogP) is 0.234. The van der Waals surface area contributed by atoms with Crippen molar-refractivity contribution >= 4 is 11.6 Å². The molecule has 0 radical (unpaired) electrons. The fraction of sp³-hybridized carbons (Fsp3) is 0.409. The van der Waals surface area contributed by atoms with Gasteiger partial charge in [0.2, 0.25) is 0 Å². The number of piperazine rings is 1. The predicted molar refractivity (Wildman–Crippen MR) is 108 cm³/mol. The number of aryl methyl sites for hydroxylation is 2. The van der Waals surface area contributed by atoms with E-state index in [2.05, 4.69) is 29.6 Å². The Kier molecular flexibility index (Phi) is 6.48. The first-order valence-corrected chi connectivity index (χ1v) is 9.70. The normalized spacial score (nSPS) is 19.5. The van der Waals surface area contributed by atoms with Crippen LogP contribution in [0.25, 0.3) is 0 Å². The molecular weight excluding hydrogens is 338 g/mol. The van der Waals surface area contributed by atoms with Crippen molar-refractivity contribution in [3.63, 3.8) is 0 Å². The van der Waals surface area contributed by atoms with Crippen LogP contribution < -0.4 is 19.9 Å². The van der Waals surface area contributed by atoms with Gasteiger partial charge in [0.05, 0.1) is 7.11 Å². The Hall–Kier alpha value is -2.37. The van der Waals surface area contributed by atoms with Crippen LogP contribution in [0.1, 0.15) is 16.7 Å². The number of carbonyl (C=O) groups is 1. The minimum absolute atomic E-state index is 0.109. The second-order valence-corrected chi connectivity index (χ2v) is 7.57. The zero-order valence-electron chi connectivity index (χ0n) is 16.6. The summed E-state index contributed by atoms with van der Waals surface area (Å²) in [5.74, 6) is 1.01. The van der Waals surface area contributed by atoms with Gasteiger partial charge in [-0.3, -0.25) is 4.79 Å². The van der Waals surface area contributed by atoms with Crippen LogP contribution in [0.4, 0.5) is 5.69 Å². The molecule has 0 aliphatic carbocycles. The molecule has 1 saturated heterocycles. The van der Waals surface area contributed by atoms with Gasteiger partial charge >= 0.3 is 0 Å². The highest BCUT2D eigenvalue weighted by Gasteiger charge is 2.25. The molecule has 1 fully saturated rings. The molecule has 1 aliphatic rings. The van der Waals surface area contributed by atoms with Gasteiger partial charge in [-0.15, -0.1) is 0 Å².